The molecule has 4 nitrogen and oxygen atoms in total. The molecule has 0 radical (unpaired) electrons. The van der Waals surface area contributed by atoms with Crippen LogP contribution in [0.25, 0.3) is 0 Å². The van der Waals surface area contributed by atoms with Crippen LogP contribution in [-0.4, -0.2) is 27.2 Å². The summed E-state index contributed by atoms with van der Waals surface area (Å²) in [5.74, 6) is -0.174. The number of nitrogens with zero attached hydrogens (tertiary/aromatic N) is 2. The summed E-state index contributed by atoms with van der Waals surface area (Å²) in [6.07, 6.45) is 2.64. The fraction of sp³-hybridized carbons (Fsp3) is 0.600. The second kappa shape index (κ2) is 5.02. The van der Waals surface area contributed by atoms with Gasteiger partial charge >= 0.3 is 0 Å². The fourth-order valence-electron chi connectivity index (χ4n) is 1.36. The molecule has 1 heterocycles. The molecule has 0 fully saturated rings. The van der Waals surface area contributed by atoms with Gasteiger partial charge in [-0.2, -0.15) is 4.39 Å². The predicted octanol–water partition coefficient (Wildman–Crippen LogP) is 1.58. The molecule has 0 saturated heterocycles. The number of aromatic nitrogens is 2. The van der Waals surface area contributed by atoms with Gasteiger partial charge in [0.15, 0.2) is 0 Å². The molecule has 1 aromatic heterocycles. The Kier molecular flexibility index (Phi) is 3.96. The zero-order valence-electron chi connectivity index (χ0n) is 9.00. The zero-order chi connectivity index (χ0) is 11.3. The summed E-state index contributed by atoms with van der Waals surface area (Å²) in [5.41, 5.74) is -0.430. The van der Waals surface area contributed by atoms with E-state index in [1.807, 2.05) is 13.8 Å². The molecule has 0 unspecified atom stereocenters. The van der Waals surface area contributed by atoms with Gasteiger partial charge in [-0.3, -0.25) is 0 Å². The Balaban J connectivity index is 2.82. The Hall–Kier alpha value is -1.23. The number of anilines is 1. The third kappa shape index (κ3) is 2.86. The number of nitrogens with one attached hydrogen (secondary N) is 1. The average molecular weight is 213 g/mol. The Labute approximate surface area is 88.6 Å². The second-order valence-corrected chi connectivity index (χ2v) is 3.50. The Bertz CT molecular complexity index is 307. The van der Waals surface area contributed by atoms with Crippen LogP contribution in [0.15, 0.2) is 12.4 Å². The minimum Gasteiger partial charge on any atom is -0.394 e. The normalized spacial score (nSPS) is 11.5. The minimum atomic E-state index is -0.577. The highest BCUT2D eigenvalue weighted by Gasteiger charge is 2.25. The summed E-state index contributed by atoms with van der Waals surface area (Å²) in [5, 5.41) is 12.3. The lowest BCUT2D eigenvalue weighted by Crippen LogP contribution is -2.41. The standard InChI is InChI=1S/C10H16FN3O/c1-3-10(4-2,6-15)14-9-5-8(11)12-7-13-9/h5,7,15H,3-4,6H2,1-2H3,(H,12,13,14). The van der Waals surface area contributed by atoms with Crippen molar-refractivity contribution < 1.29 is 9.50 Å². The van der Waals surface area contributed by atoms with Crippen molar-refractivity contribution in [1.29, 1.82) is 0 Å². The van der Waals surface area contributed by atoms with E-state index in [1.165, 1.54) is 6.07 Å². The Morgan fingerprint density at radius 1 is 1.40 bits per heavy atom. The SMILES string of the molecule is CCC(CC)(CO)Nc1cc(F)ncn1. The van der Waals surface area contributed by atoms with Crippen molar-refractivity contribution >= 4 is 5.82 Å². The van der Waals surface area contributed by atoms with E-state index in [0.717, 1.165) is 19.2 Å². The first-order chi connectivity index (χ1) is 7.15. The summed E-state index contributed by atoms with van der Waals surface area (Å²) in [6.45, 7) is 3.92. The van der Waals surface area contributed by atoms with Crippen LogP contribution in [-0.2, 0) is 0 Å². The van der Waals surface area contributed by atoms with Gasteiger partial charge in [0.2, 0.25) is 5.95 Å². The number of rotatable bonds is 5. The number of aliphatic hydroxyl groups excluding tert-OH is 1. The molecule has 0 aliphatic heterocycles. The van der Waals surface area contributed by atoms with Crippen LogP contribution in [0.3, 0.4) is 0 Å². The fourth-order valence-corrected chi connectivity index (χ4v) is 1.36. The quantitative estimate of drug-likeness (QED) is 0.729. The van der Waals surface area contributed by atoms with Gasteiger partial charge in [-0.15, -0.1) is 0 Å². The summed E-state index contributed by atoms with van der Waals surface area (Å²) in [4.78, 5) is 7.26. The third-order valence-electron chi connectivity index (χ3n) is 2.68. The number of hydrogen-bond donors (Lipinski definition) is 2. The summed E-state index contributed by atoms with van der Waals surface area (Å²) < 4.78 is 12.8. The first-order valence-electron chi connectivity index (χ1n) is 5.02. The minimum absolute atomic E-state index is 0.00831. The van der Waals surface area contributed by atoms with Crippen molar-refractivity contribution in [3.63, 3.8) is 0 Å². The van der Waals surface area contributed by atoms with E-state index >= 15 is 0 Å². The van der Waals surface area contributed by atoms with E-state index in [9.17, 15) is 9.50 Å². The summed E-state index contributed by atoms with van der Waals surface area (Å²) in [7, 11) is 0. The van der Waals surface area contributed by atoms with Crippen molar-refractivity contribution in [3.8, 4) is 0 Å². The maximum atomic E-state index is 12.8. The summed E-state index contributed by atoms with van der Waals surface area (Å²) in [6, 6.07) is 1.22. The highest BCUT2D eigenvalue weighted by molar-refractivity contribution is 5.36. The molecule has 0 aromatic carbocycles. The molecule has 1 rings (SSSR count). The highest BCUT2D eigenvalue weighted by Crippen LogP contribution is 2.20. The Morgan fingerprint density at radius 3 is 2.53 bits per heavy atom. The molecule has 5 heteroatoms. The van der Waals surface area contributed by atoms with E-state index in [1.54, 1.807) is 0 Å². The molecular formula is C10H16FN3O. The molecular weight excluding hydrogens is 197 g/mol. The molecule has 0 bridgehead atoms. The van der Waals surface area contributed by atoms with Gasteiger partial charge in [-0.05, 0) is 12.8 Å². The highest BCUT2D eigenvalue weighted by atomic mass is 19.1. The molecule has 0 amide bonds. The largest absolute Gasteiger partial charge is 0.394 e. The molecule has 1 aromatic rings. The van der Waals surface area contributed by atoms with Crippen molar-refractivity contribution in [2.75, 3.05) is 11.9 Å². The van der Waals surface area contributed by atoms with Crippen LogP contribution < -0.4 is 5.32 Å². The van der Waals surface area contributed by atoms with Gasteiger partial charge in [-0.25, -0.2) is 9.97 Å². The maximum Gasteiger partial charge on any atom is 0.217 e. The topological polar surface area (TPSA) is 58.0 Å². The van der Waals surface area contributed by atoms with E-state index in [0.29, 0.717) is 5.82 Å². The van der Waals surface area contributed by atoms with E-state index in [-0.39, 0.29) is 6.61 Å². The van der Waals surface area contributed by atoms with Crippen LogP contribution in [0.1, 0.15) is 26.7 Å². The van der Waals surface area contributed by atoms with Gasteiger partial charge in [0, 0.05) is 6.07 Å². The number of halogens is 1. The molecule has 0 aliphatic carbocycles. The predicted molar refractivity (Wildman–Crippen MR) is 56.0 cm³/mol. The molecule has 0 aliphatic rings. The van der Waals surface area contributed by atoms with E-state index < -0.39 is 11.5 Å². The van der Waals surface area contributed by atoms with Crippen molar-refractivity contribution in [2.24, 2.45) is 0 Å². The second-order valence-electron chi connectivity index (χ2n) is 3.50. The van der Waals surface area contributed by atoms with Crippen LogP contribution in [0, 0.1) is 5.95 Å². The molecule has 0 spiro atoms. The van der Waals surface area contributed by atoms with Crippen molar-refractivity contribution in [3.05, 3.63) is 18.3 Å². The van der Waals surface area contributed by atoms with Gasteiger partial charge < -0.3 is 10.4 Å². The first kappa shape index (κ1) is 11.8. The Morgan fingerprint density at radius 2 is 2.07 bits per heavy atom. The van der Waals surface area contributed by atoms with Crippen LogP contribution >= 0.6 is 0 Å². The summed E-state index contributed by atoms with van der Waals surface area (Å²) >= 11 is 0. The van der Waals surface area contributed by atoms with E-state index in [2.05, 4.69) is 15.3 Å². The maximum absolute atomic E-state index is 12.8. The lowest BCUT2D eigenvalue weighted by molar-refractivity contribution is 0.202. The van der Waals surface area contributed by atoms with Gasteiger partial charge in [0.05, 0.1) is 12.1 Å². The monoisotopic (exact) mass is 213 g/mol. The van der Waals surface area contributed by atoms with Gasteiger partial charge in [-0.1, -0.05) is 13.8 Å². The van der Waals surface area contributed by atoms with Gasteiger partial charge in [0.1, 0.15) is 12.1 Å². The molecule has 84 valence electrons. The number of hydrogen-bond acceptors (Lipinski definition) is 4. The molecule has 0 atom stereocenters. The molecule has 2 N–H and O–H groups in total. The van der Waals surface area contributed by atoms with Crippen LogP contribution in [0.4, 0.5) is 10.2 Å². The third-order valence-corrected chi connectivity index (χ3v) is 2.68. The molecule has 0 saturated carbocycles. The zero-order valence-corrected chi connectivity index (χ0v) is 9.00. The van der Waals surface area contributed by atoms with Crippen molar-refractivity contribution in [2.45, 2.75) is 32.2 Å². The first-order valence-corrected chi connectivity index (χ1v) is 5.02. The van der Waals surface area contributed by atoms with Crippen LogP contribution in [0.2, 0.25) is 0 Å². The van der Waals surface area contributed by atoms with Crippen molar-refractivity contribution in [1.82, 2.24) is 9.97 Å². The average Bonchev–Trinajstić information content (AvgIpc) is 2.26. The lowest BCUT2D eigenvalue weighted by Gasteiger charge is -2.31. The van der Waals surface area contributed by atoms with Gasteiger partial charge in [0.25, 0.3) is 0 Å². The lowest BCUT2D eigenvalue weighted by atomic mass is 9.94. The number of aliphatic hydroxyl groups is 1. The smallest absolute Gasteiger partial charge is 0.217 e. The van der Waals surface area contributed by atoms with Crippen LogP contribution in [0.5, 0.6) is 0 Å². The van der Waals surface area contributed by atoms with E-state index in [4.69, 9.17) is 0 Å². The molecule has 15 heavy (non-hydrogen) atoms.